The van der Waals surface area contributed by atoms with Crippen LogP contribution in [0.2, 0.25) is 0 Å². The SMILES string of the molecule is CNc1ccn2cc(-c3cccc(OCCF)c3)nc2c1. The number of imidazole rings is 1. The van der Waals surface area contributed by atoms with Crippen LogP contribution in [-0.2, 0) is 0 Å². The van der Waals surface area contributed by atoms with Crippen LogP contribution in [0.15, 0.2) is 48.8 Å². The molecule has 1 aromatic carbocycles. The van der Waals surface area contributed by atoms with Gasteiger partial charge in [0, 0.05) is 36.8 Å². The number of benzene rings is 1. The van der Waals surface area contributed by atoms with Crippen LogP contribution >= 0.6 is 0 Å². The average Bonchev–Trinajstić information content (AvgIpc) is 2.96. The van der Waals surface area contributed by atoms with Gasteiger partial charge in [-0.25, -0.2) is 9.37 Å². The Bertz CT molecular complexity index is 754. The van der Waals surface area contributed by atoms with Gasteiger partial charge in [-0.05, 0) is 18.2 Å². The van der Waals surface area contributed by atoms with E-state index in [-0.39, 0.29) is 6.61 Å². The number of fused-ring (bicyclic) bond motifs is 1. The van der Waals surface area contributed by atoms with Crippen molar-refractivity contribution >= 4 is 11.3 Å². The fourth-order valence-electron chi connectivity index (χ4n) is 2.18. The van der Waals surface area contributed by atoms with Crippen LogP contribution < -0.4 is 10.1 Å². The largest absolute Gasteiger partial charge is 0.491 e. The van der Waals surface area contributed by atoms with E-state index in [9.17, 15) is 4.39 Å². The van der Waals surface area contributed by atoms with E-state index in [1.165, 1.54) is 0 Å². The molecule has 3 rings (SSSR count). The minimum atomic E-state index is -0.495. The van der Waals surface area contributed by atoms with E-state index in [2.05, 4.69) is 10.3 Å². The number of nitrogens with zero attached hydrogens (tertiary/aromatic N) is 2. The van der Waals surface area contributed by atoms with Crippen LogP contribution in [0.3, 0.4) is 0 Å². The zero-order valence-corrected chi connectivity index (χ0v) is 11.7. The van der Waals surface area contributed by atoms with Crippen molar-refractivity contribution in [3.05, 3.63) is 48.8 Å². The third-order valence-corrected chi connectivity index (χ3v) is 3.22. The van der Waals surface area contributed by atoms with Crippen LogP contribution in [0.4, 0.5) is 10.1 Å². The van der Waals surface area contributed by atoms with E-state index in [4.69, 9.17) is 4.74 Å². The third-order valence-electron chi connectivity index (χ3n) is 3.22. The number of aromatic nitrogens is 2. The van der Waals surface area contributed by atoms with Crippen LogP contribution in [0.5, 0.6) is 5.75 Å². The van der Waals surface area contributed by atoms with Crippen molar-refractivity contribution in [3.8, 4) is 17.0 Å². The quantitative estimate of drug-likeness (QED) is 0.781. The molecule has 0 radical (unpaired) electrons. The molecule has 0 aliphatic heterocycles. The van der Waals surface area contributed by atoms with Crippen LogP contribution in [0.1, 0.15) is 0 Å². The summed E-state index contributed by atoms with van der Waals surface area (Å²) in [5.74, 6) is 0.651. The Kier molecular flexibility index (Phi) is 3.73. The van der Waals surface area contributed by atoms with E-state index in [0.29, 0.717) is 5.75 Å². The van der Waals surface area contributed by atoms with Gasteiger partial charge in [-0.15, -0.1) is 0 Å². The third kappa shape index (κ3) is 2.81. The first-order valence-electron chi connectivity index (χ1n) is 6.76. The second-order valence-electron chi connectivity index (χ2n) is 4.62. The number of alkyl halides is 1. The molecule has 108 valence electrons. The Morgan fingerprint density at radius 2 is 2.19 bits per heavy atom. The summed E-state index contributed by atoms with van der Waals surface area (Å²) in [5, 5.41) is 3.09. The van der Waals surface area contributed by atoms with E-state index in [1.54, 1.807) is 0 Å². The van der Waals surface area contributed by atoms with Crippen molar-refractivity contribution in [2.24, 2.45) is 0 Å². The molecule has 0 bridgehead atoms. The Morgan fingerprint density at radius 1 is 1.29 bits per heavy atom. The van der Waals surface area contributed by atoms with E-state index >= 15 is 0 Å². The predicted molar refractivity (Wildman–Crippen MR) is 81.6 cm³/mol. The summed E-state index contributed by atoms with van der Waals surface area (Å²) in [5.41, 5.74) is 3.68. The molecule has 1 N–H and O–H groups in total. The Morgan fingerprint density at radius 3 is 3.00 bits per heavy atom. The molecule has 21 heavy (non-hydrogen) atoms. The predicted octanol–water partition coefficient (Wildman–Crippen LogP) is 3.39. The minimum absolute atomic E-state index is 0.0696. The van der Waals surface area contributed by atoms with Gasteiger partial charge in [-0.1, -0.05) is 12.1 Å². The smallest absolute Gasteiger partial charge is 0.139 e. The number of rotatable bonds is 5. The molecule has 0 spiro atoms. The molecule has 0 amide bonds. The number of hydrogen-bond acceptors (Lipinski definition) is 3. The highest BCUT2D eigenvalue weighted by atomic mass is 19.1. The van der Waals surface area contributed by atoms with Crippen LogP contribution in [0, 0.1) is 0 Å². The monoisotopic (exact) mass is 285 g/mol. The fourth-order valence-corrected chi connectivity index (χ4v) is 2.18. The lowest BCUT2D eigenvalue weighted by atomic mass is 10.1. The molecule has 0 saturated heterocycles. The molecule has 4 nitrogen and oxygen atoms in total. The van der Waals surface area contributed by atoms with Gasteiger partial charge in [-0.2, -0.15) is 0 Å². The molecule has 0 saturated carbocycles. The summed E-state index contributed by atoms with van der Waals surface area (Å²) in [6, 6.07) is 11.5. The van der Waals surface area contributed by atoms with Gasteiger partial charge >= 0.3 is 0 Å². The maximum Gasteiger partial charge on any atom is 0.139 e. The second kappa shape index (κ2) is 5.83. The summed E-state index contributed by atoms with van der Waals surface area (Å²) in [4.78, 5) is 4.61. The summed E-state index contributed by atoms with van der Waals surface area (Å²) >= 11 is 0. The van der Waals surface area contributed by atoms with Gasteiger partial charge in [-0.3, -0.25) is 0 Å². The summed E-state index contributed by atoms with van der Waals surface area (Å²) in [6.07, 6.45) is 3.92. The maximum atomic E-state index is 12.2. The molecule has 2 aromatic heterocycles. The number of pyridine rings is 1. The molecule has 2 heterocycles. The fraction of sp³-hybridized carbons (Fsp3) is 0.188. The minimum Gasteiger partial charge on any atom is -0.491 e. The number of halogens is 1. The first-order valence-corrected chi connectivity index (χ1v) is 6.76. The lowest BCUT2D eigenvalue weighted by Gasteiger charge is -2.04. The van der Waals surface area contributed by atoms with Gasteiger partial charge in [0.1, 0.15) is 24.7 Å². The summed E-state index contributed by atoms with van der Waals surface area (Å²) in [7, 11) is 1.88. The Balaban J connectivity index is 1.96. The maximum absolute atomic E-state index is 12.2. The first-order chi connectivity index (χ1) is 10.3. The van der Waals surface area contributed by atoms with Crippen molar-refractivity contribution in [1.29, 1.82) is 0 Å². The summed E-state index contributed by atoms with van der Waals surface area (Å²) in [6.45, 7) is -0.425. The average molecular weight is 285 g/mol. The number of nitrogens with one attached hydrogen (secondary N) is 1. The topological polar surface area (TPSA) is 38.6 Å². The summed E-state index contributed by atoms with van der Waals surface area (Å²) < 4.78 is 19.4. The van der Waals surface area contributed by atoms with Crippen molar-refractivity contribution in [2.45, 2.75) is 0 Å². The molecule has 0 unspecified atom stereocenters. The molecular weight excluding hydrogens is 269 g/mol. The Labute approximate surface area is 122 Å². The van der Waals surface area contributed by atoms with Gasteiger partial charge in [0.2, 0.25) is 0 Å². The van der Waals surface area contributed by atoms with Crippen LogP contribution in [0.25, 0.3) is 16.9 Å². The van der Waals surface area contributed by atoms with E-state index in [1.807, 2.05) is 60.2 Å². The van der Waals surface area contributed by atoms with Gasteiger partial charge in [0.25, 0.3) is 0 Å². The lowest BCUT2D eigenvalue weighted by molar-refractivity contribution is 0.273. The standard InChI is InChI=1S/C16H16FN3O/c1-18-13-5-7-20-11-15(19-16(20)10-13)12-3-2-4-14(9-12)21-8-6-17/h2-5,7,9-11,18H,6,8H2,1H3. The molecule has 0 aliphatic carbocycles. The first kappa shape index (κ1) is 13.4. The van der Waals surface area contributed by atoms with Crippen molar-refractivity contribution in [3.63, 3.8) is 0 Å². The van der Waals surface area contributed by atoms with E-state index < -0.39 is 6.67 Å². The highest BCUT2D eigenvalue weighted by Gasteiger charge is 2.06. The van der Waals surface area contributed by atoms with Gasteiger partial charge < -0.3 is 14.5 Å². The molecule has 3 aromatic rings. The normalized spacial score (nSPS) is 10.8. The number of ether oxygens (including phenoxy) is 1. The van der Waals surface area contributed by atoms with Crippen molar-refractivity contribution in [2.75, 3.05) is 25.6 Å². The van der Waals surface area contributed by atoms with Crippen LogP contribution in [-0.4, -0.2) is 29.7 Å². The number of hydrogen-bond donors (Lipinski definition) is 1. The second-order valence-corrected chi connectivity index (χ2v) is 4.62. The molecule has 0 atom stereocenters. The Hall–Kier alpha value is -2.56. The lowest BCUT2D eigenvalue weighted by Crippen LogP contribution is -1.98. The zero-order valence-electron chi connectivity index (χ0n) is 11.7. The van der Waals surface area contributed by atoms with E-state index in [0.717, 1.165) is 22.6 Å². The molecular formula is C16H16FN3O. The number of anilines is 1. The van der Waals surface area contributed by atoms with Gasteiger partial charge in [0.15, 0.2) is 0 Å². The zero-order chi connectivity index (χ0) is 14.7. The van der Waals surface area contributed by atoms with Crippen molar-refractivity contribution in [1.82, 2.24) is 9.38 Å². The molecule has 0 aliphatic rings. The molecule has 5 heteroatoms. The van der Waals surface area contributed by atoms with Crippen molar-refractivity contribution < 1.29 is 9.13 Å². The highest BCUT2D eigenvalue weighted by molar-refractivity contribution is 5.66. The van der Waals surface area contributed by atoms with Gasteiger partial charge in [0.05, 0.1) is 5.69 Å². The highest BCUT2D eigenvalue weighted by Crippen LogP contribution is 2.24. The molecule has 0 fully saturated rings.